The number of carbonyl (C=O) groups excluding carboxylic acids is 2. The molecule has 6 rings (SSSR count). The van der Waals surface area contributed by atoms with Crippen LogP contribution in [-0.4, -0.2) is 21.1 Å². The van der Waals surface area contributed by atoms with Crippen LogP contribution < -0.4 is 0 Å². The molecule has 0 N–H and O–H groups in total. The van der Waals surface area contributed by atoms with Crippen molar-refractivity contribution >= 4 is 38.4 Å². The highest BCUT2D eigenvalue weighted by molar-refractivity contribution is 9.10. The van der Waals surface area contributed by atoms with Crippen LogP contribution in [0.3, 0.4) is 0 Å². The monoisotopic (exact) mass is 540 g/mol. The molecule has 36 heavy (non-hydrogen) atoms. The molecule has 0 amide bonds. The van der Waals surface area contributed by atoms with Crippen LogP contribution in [0.15, 0.2) is 77.3 Å². The Labute approximate surface area is 216 Å². The second-order valence-electron chi connectivity index (χ2n) is 10.1. The van der Waals surface area contributed by atoms with Crippen LogP contribution in [0.5, 0.6) is 0 Å². The zero-order chi connectivity index (χ0) is 25.2. The van der Waals surface area contributed by atoms with Crippen LogP contribution in [0.1, 0.15) is 52.2 Å². The summed E-state index contributed by atoms with van der Waals surface area (Å²) in [4.78, 5) is 32.8. The Kier molecular flexibility index (Phi) is 5.20. The van der Waals surface area contributed by atoms with Crippen molar-refractivity contribution < 1.29 is 14.0 Å². The first-order valence-corrected chi connectivity index (χ1v) is 12.6. The van der Waals surface area contributed by atoms with Crippen molar-refractivity contribution in [1.29, 1.82) is 0 Å². The van der Waals surface area contributed by atoms with Crippen LogP contribution in [0.4, 0.5) is 4.39 Å². The molecular formula is C30H22BrFN2O2. The van der Waals surface area contributed by atoms with Gasteiger partial charge in [-0.3, -0.25) is 14.2 Å². The lowest BCUT2D eigenvalue weighted by Crippen LogP contribution is -2.33. The third-order valence-electron chi connectivity index (χ3n) is 6.88. The lowest BCUT2D eigenvalue weighted by molar-refractivity contribution is 0.0899. The van der Waals surface area contributed by atoms with Gasteiger partial charge in [-0.2, -0.15) is 0 Å². The maximum atomic E-state index is 14.1. The average Bonchev–Trinajstić information content (AvgIpc) is 3.22. The molecule has 0 saturated heterocycles. The Morgan fingerprint density at radius 3 is 2.36 bits per heavy atom. The lowest BCUT2D eigenvalue weighted by Gasteiger charge is -2.35. The topological polar surface area (TPSA) is 52.0 Å². The standard InChI is InChI=1S/C30H22BrFN2O2/c1-30(2)15-23-26(24(35)16-30)27(28(36)17-7-11-19(32)12-8-17)25-21-5-3-4-6-22(21)33-29(25)34(23)20-13-9-18(31)10-14-20/h3-14H,15-16H2,1-2H3. The third kappa shape index (κ3) is 3.59. The number of hydrogen-bond acceptors (Lipinski definition) is 3. The summed E-state index contributed by atoms with van der Waals surface area (Å²) >= 11 is 3.51. The number of hydrogen-bond donors (Lipinski definition) is 0. The van der Waals surface area contributed by atoms with Crippen molar-refractivity contribution in [3.8, 4) is 17.1 Å². The number of rotatable bonds is 3. The van der Waals surface area contributed by atoms with Gasteiger partial charge in [-0.25, -0.2) is 9.37 Å². The molecule has 3 aromatic rings. The fourth-order valence-electron chi connectivity index (χ4n) is 5.34. The molecule has 2 aliphatic heterocycles. The van der Waals surface area contributed by atoms with Gasteiger partial charge in [0.1, 0.15) is 11.6 Å². The molecule has 0 atom stereocenters. The van der Waals surface area contributed by atoms with E-state index in [0.29, 0.717) is 40.9 Å². The van der Waals surface area contributed by atoms with Gasteiger partial charge in [0.15, 0.2) is 11.6 Å². The molecule has 0 fully saturated rings. The van der Waals surface area contributed by atoms with E-state index < -0.39 is 5.82 Å². The van der Waals surface area contributed by atoms with Gasteiger partial charge in [0, 0.05) is 49.9 Å². The summed E-state index contributed by atoms with van der Waals surface area (Å²) in [5, 5.41) is 0.809. The molecule has 3 aliphatic rings. The molecule has 0 unspecified atom stereocenters. The average molecular weight is 541 g/mol. The van der Waals surface area contributed by atoms with E-state index in [1.54, 1.807) is 0 Å². The van der Waals surface area contributed by atoms with Crippen LogP contribution in [-0.2, 0) is 6.42 Å². The number of ketones is 2. The van der Waals surface area contributed by atoms with Crippen molar-refractivity contribution in [2.45, 2.75) is 26.7 Å². The predicted octanol–water partition coefficient (Wildman–Crippen LogP) is 7.42. The van der Waals surface area contributed by atoms with E-state index in [1.165, 1.54) is 24.3 Å². The van der Waals surface area contributed by atoms with E-state index >= 15 is 0 Å². The third-order valence-corrected chi connectivity index (χ3v) is 7.40. The van der Waals surface area contributed by atoms with Gasteiger partial charge in [0.25, 0.3) is 0 Å². The first kappa shape index (κ1) is 22.8. The van der Waals surface area contributed by atoms with Crippen molar-refractivity contribution in [2.75, 3.05) is 0 Å². The van der Waals surface area contributed by atoms with Gasteiger partial charge in [-0.1, -0.05) is 48.0 Å². The van der Waals surface area contributed by atoms with E-state index in [2.05, 4.69) is 29.8 Å². The fraction of sp³-hybridized carbons (Fsp3) is 0.167. The zero-order valence-electron chi connectivity index (χ0n) is 19.8. The van der Waals surface area contributed by atoms with E-state index in [9.17, 15) is 14.0 Å². The predicted molar refractivity (Wildman–Crippen MR) is 142 cm³/mol. The highest BCUT2D eigenvalue weighted by atomic mass is 79.9. The molecule has 0 aromatic heterocycles. The quantitative estimate of drug-likeness (QED) is 0.224. The largest absolute Gasteiger partial charge is 0.298 e. The Morgan fingerprint density at radius 2 is 1.64 bits per heavy atom. The minimum absolute atomic E-state index is 0.0650. The number of carbonyl (C=O) groups is 2. The summed E-state index contributed by atoms with van der Waals surface area (Å²) in [7, 11) is 0. The number of benzene rings is 3. The summed E-state index contributed by atoms with van der Waals surface area (Å²) in [5.41, 5.74) is 3.90. The van der Waals surface area contributed by atoms with Crippen molar-refractivity contribution in [3.63, 3.8) is 0 Å². The van der Waals surface area contributed by atoms with E-state index in [-0.39, 0.29) is 17.0 Å². The Morgan fingerprint density at radius 1 is 0.944 bits per heavy atom. The van der Waals surface area contributed by atoms with Crippen molar-refractivity contribution in [3.05, 3.63) is 105 Å². The van der Waals surface area contributed by atoms with Crippen LogP contribution in [0, 0.1) is 11.2 Å². The van der Waals surface area contributed by atoms with E-state index in [0.717, 1.165) is 26.8 Å². The number of pyridine rings is 1. The Bertz CT molecular complexity index is 1650. The first-order chi connectivity index (χ1) is 17.2. The number of nitrogens with zero attached hydrogens (tertiary/aromatic N) is 2. The van der Waals surface area contributed by atoms with Gasteiger partial charge >= 0.3 is 0 Å². The number of fused-ring (bicyclic) bond motifs is 4. The molecule has 3 aromatic carbocycles. The molecule has 0 radical (unpaired) electrons. The molecule has 4 nitrogen and oxygen atoms in total. The van der Waals surface area contributed by atoms with Gasteiger partial charge in [0.2, 0.25) is 0 Å². The van der Waals surface area contributed by atoms with E-state index in [1.807, 2.05) is 53.1 Å². The van der Waals surface area contributed by atoms with Gasteiger partial charge in [0.05, 0.1) is 5.52 Å². The molecule has 0 saturated carbocycles. The van der Waals surface area contributed by atoms with Gasteiger partial charge < -0.3 is 0 Å². The molecule has 1 aliphatic carbocycles. The second-order valence-corrected chi connectivity index (χ2v) is 11.0. The molecule has 0 bridgehead atoms. The SMILES string of the molecule is CC1(C)CC(=O)c2c(C(=O)c3ccc(F)cc3)c3c4ccccc4nc-3n(-c3ccc(Br)cc3)c2C1. The second kappa shape index (κ2) is 8.20. The number of halogens is 2. The molecular weight excluding hydrogens is 519 g/mol. The molecule has 178 valence electrons. The summed E-state index contributed by atoms with van der Waals surface area (Å²) < 4.78 is 16.7. The van der Waals surface area contributed by atoms with E-state index in [4.69, 9.17) is 4.98 Å². The van der Waals surface area contributed by atoms with Crippen molar-refractivity contribution in [2.24, 2.45) is 5.41 Å². The minimum atomic E-state index is -0.418. The highest BCUT2D eigenvalue weighted by Crippen LogP contribution is 2.45. The number of Topliss-reactive ketones (excluding diaryl/α,β-unsaturated/α-hetero) is 1. The molecule has 0 spiro atoms. The van der Waals surface area contributed by atoms with Crippen LogP contribution >= 0.6 is 15.9 Å². The van der Waals surface area contributed by atoms with Gasteiger partial charge in [-0.15, -0.1) is 0 Å². The van der Waals surface area contributed by atoms with Crippen LogP contribution in [0.2, 0.25) is 0 Å². The van der Waals surface area contributed by atoms with Gasteiger partial charge in [-0.05, 0) is 66.4 Å². The Balaban J connectivity index is 1.79. The zero-order valence-corrected chi connectivity index (χ0v) is 21.4. The van der Waals surface area contributed by atoms with Crippen LogP contribution in [0.25, 0.3) is 28.0 Å². The Hall–Kier alpha value is -3.64. The highest BCUT2D eigenvalue weighted by Gasteiger charge is 2.40. The molecule has 6 heteroatoms. The molecule has 2 heterocycles. The van der Waals surface area contributed by atoms with Crippen molar-refractivity contribution in [1.82, 2.24) is 9.55 Å². The maximum Gasteiger partial charge on any atom is 0.194 e. The summed E-state index contributed by atoms with van der Waals surface area (Å²) in [6, 6.07) is 21.0. The maximum absolute atomic E-state index is 14.1. The summed E-state index contributed by atoms with van der Waals surface area (Å²) in [6.07, 6.45) is 0.939. The first-order valence-electron chi connectivity index (χ1n) is 11.8. The number of para-hydroxylation sites is 1. The smallest absolute Gasteiger partial charge is 0.194 e. The lowest BCUT2D eigenvalue weighted by atomic mass is 9.72. The minimum Gasteiger partial charge on any atom is -0.298 e. The summed E-state index contributed by atoms with van der Waals surface area (Å²) in [5.74, 6) is -0.151. The fourth-order valence-corrected chi connectivity index (χ4v) is 5.60. The number of aromatic nitrogens is 2. The normalized spacial score (nSPS) is 14.8. The summed E-state index contributed by atoms with van der Waals surface area (Å²) in [6.45, 7) is 4.14.